The van der Waals surface area contributed by atoms with E-state index in [1.165, 1.54) is 30.5 Å². The second-order valence-corrected chi connectivity index (χ2v) is 6.46. The summed E-state index contributed by atoms with van der Waals surface area (Å²) in [5.41, 5.74) is 0.640. The third-order valence-electron chi connectivity index (χ3n) is 2.95. The molecule has 2 rings (SSSR count). The Bertz CT molecular complexity index is 778. The van der Waals surface area contributed by atoms with Gasteiger partial charge in [-0.1, -0.05) is 12.1 Å². The zero-order chi connectivity index (χ0) is 17.4. The van der Waals surface area contributed by atoms with Crippen molar-refractivity contribution < 1.29 is 27.5 Å². The van der Waals surface area contributed by atoms with Crippen LogP contribution in [0.25, 0.3) is 6.08 Å². The lowest BCUT2D eigenvalue weighted by Gasteiger charge is -2.05. The summed E-state index contributed by atoms with van der Waals surface area (Å²) in [5, 5.41) is 8.54. The topological polar surface area (TPSA) is 106 Å². The van der Waals surface area contributed by atoms with Crippen LogP contribution in [0.2, 0.25) is 0 Å². The van der Waals surface area contributed by atoms with Crippen LogP contribution in [0.4, 0.5) is 0 Å². The molecule has 1 heterocycles. The smallest absolute Gasteiger partial charge is 0.330 e. The molecule has 0 aliphatic heterocycles. The highest BCUT2D eigenvalue weighted by Crippen LogP contribution is 2.12. The third kappa shape index (κ3) is 5.34. The number of sulfonamides is 1. The molecule has 128 valence electrons. The van der Waals surface area contributed by atoms with Crippen LogP contribution < -0.4 is 4.72 Å². The average Bonchev–Trinajstić information content (AvgIpc) is 3.10. The fraction of sp³-hybridized carbons (Fsp3) is 0.188. The van der Waals surface area contributed by atoms with Gasteiger partial charge in [-0.05, 0) is 35.9 Å². The van der Waals surface area contributed by atoms with Crippen LogP contribution in [0.5, 0.6) is 0 Å². The first-order chi connectivity index (χ1) is 11.5. The number of rotatable bonds is 8. The monoisotopic (exact) mass is 351 g/mol. The van der Waals surface area contributed by atoms with Crippen molar-refractivity contribution in [2.75, 3.05) is 13.2 Å². The van der Waals surface area contributed by atoms with Crippen molar-refractivity contribution in [3.05, 3.63) is 60.1 Å². The highest BCUT2D eigenvalue weighted by molar-refractivity contribution is 7.89. The van der Waals surface area contributed by atoms with E-state index in [2.05, 4.69) is 9.46 Å². The normalized spacial score (nSPS) is 11.7. The summed E-state index contributed by atoms with van der Waals surface area (Å²) in [7, 11) is -3.65. The number of carbonyl (C=O) groups excluding carboxylic acids is 1. The summed E-state index contributed by atoms with van der Waals surface area (Å²) in [6.45, 7) is -0.244. The molecular formula is C16H17NO6S. The lowest BCUT2D eigenvalue weighted by atomic mass is 10.2. The third-order valence-corrected chi connectivity index (χ3v) is 4.37. The van der Waals surface area contributed by atoms with Crippen LogP contribution in [-0.2, 0) is 26.1 Å². The van der Waals surface area contributed by atoms with Crippen molar-refractivity contribution in [3.63, 3.8) is 0 Å². The van der Waals surface area contributed by atoms with E-state index in [0.29, 0.717) is 11.3 Å². The minimum absolute atomic E-state index is 0.0632. The number of furan rings is 1. The molecule has 8 heteroatoms. The second-order valence-electron chi connectivity index (χ2n) is 4.70. The maximum atomic E-state index is 12.2. The number of nitrogens with one attached hydrogen (secondary N) is 1. The van der Waals surface area contributed by atoms with Crippen LogP contribution in [0.15, 0.2) is 58.1 Å². The summed E-state index contributed by atoms with van der Waals surface area (Å²) >= 11 is 0. The molecule has 0 aliphatic rings. The number of ether oxygens (including phenoxy) is 1. The SMILES string of the molecule is O=C(/C=C/c1ccc(S(=O)(=O)NCc2ccco2)cc1)OCCO. The van der Waals surface area contributed by atoms with Gasteiger partial charge in [0.15, 0.2) is 0 Å². The van der Waals surface area contributed by atoms with Crippen LogP contribution in [-0.4, -0.2) is 32.7 Å². The van der Waals surface area contributed by atoms with Gasteiger partial charge >= 0.3 is 5.97 Å². The standard InChI is InChI=1S/C16H17NO6S/c18-9-11-23-16(19)8-5-13-3-6-15(7-4-13)24(20,21)17-12-14-2-1-10-22-14/h1-8,10,17-18H,9,11-12H2/b8-5+. The van der Waals surface area contributed by atoms with E-state index < -0.39 is 16.0 Å². The fourth-order valence-corrected chi connectivity index (χ4v) is 2.77. The molecule has 7 nitrogen and oxygen atoms in total. The molecule has 0 saturated heterocycles. The van der Waals surface area contributed by atoms with Gasteiger partial charge < -0.3 is 14.3 Å². The van der Waals surface area contributed by atoms with Crippen molar-refractivity contribution in [1.29, 1.82) is 0 Å². The molecule has 0 amide bonds. The average molecular weight is 351 g/mol. The maximum absolute atomic E-state index is 12.2. The number of aliphatic hydroxyl groups excluding tert-OH is 1. The van der Waals surface area contributed by atoms with Crippen LogP contribution in [0.3, 0.4) is 0 Å². The van der Waals surface area contributed by atoms with Gasteiger partial charge in [-0.15, -0.1) is 0 Å². The molecule has 0 spiro atoms. The summed E-state index contributed by atoms with van der Waals surface area (Å²) in [6, 6.07) is 9.35. The number of carbonyl (C=O) groups is 1. The van der Waals surface area contributed by atoms with Gasteiger partial charge in [-0.2, -0.15) is 0 Å². The lowest BCUT2D eigenvalue weighted by molar-refractivity contribution is -0.138. The molecule has 0 unspecified atom stereocenters. The van der Waals surface area contributed by atoms with Crippen LogP contribution >= 0.6 is 0 Å². The Hall–Kier alpha value is -2.42. The first kappa shape index (κ1) is 17.9. The number of esters is 1. The number of hydrogen-bond donors (Lipinski definition) is 2. The molecule has 0 bridgehead atoms. The minimum atomic E-state index is -3.65. The Morgan fingerprint density at radius 3 is 2.62 bits per heavy atom. The summed E-state index contributed by atoms with van der Waals surface area (Å²) in [5.74, 6) is -0.0691. The van der Waals surface area contributed by atoms with Gasteiger partial charge in [-0.25, -0.2) is 17.9 Å². The van der Waals surface area contributed by atoms with E-state index in [1.54, 1.807) is 24.3 Å². The number of aliphatic hydroxyl groups is 1. The van der Waals surface area contributed by atoms with E-state index >= 15 is 0 Å². The van der Waals surface area contributed by atoms with E-state index in [4.69, 9.17) is 9.52 Å². The van der Waals surface area contributed by atoms with Gasteiger partial charge in [0.1, 0.15) is 12.4 Å². The van der Waals surface area contributed by atoms with Gasteiger partial charge in [0.25, 0.3) is 0 Å². The highest BCUT2D eigenvalue weighted by Gasteiger charge is 2.13. The summed E-state index contributed by atoms with van der Waals surface area (Å²) < 4.78 is 36.5. The lowest BCUT2D eigenvalue weighted by Crippen LogP contribution is -2.22. The number of hydrogen-bond acceptors (Lipinski definition) is 6. The van der Waals surface area contributed by atoms with Crippen molar-refractivity contribution >= 4 is 22.1 Å². The second kappa shape index (κ2) is 8.44. The van der Waals surface area contributed by atoms with E-state index in [1.807, 2.05) is 0 Å². The van der Waals surface area contributed by atoms with Gasteiger partial charge in [0.2, 0.25) is 10.0 Å². The molecule has 0 fully saturated rings. The minimum Gasteiger partial charge on any atom is -0.468 e. The van der Waals surface area contributed by atoms with Gasteiger partial charge in [0, 0.05) is 6.08 Å². The Balaban J connectivity index is 1.97. The predicted octanol–water partition coefficient (Wildman–Crippen LogP) is 1.31. The van der Waals surface area contributed by atoms with E-state index in [9.17, 15) is 13.2 Å². The van der Waals surface area contributed by atoms with Gasteiger partial charge in [0.05, 0.1) is 24.3 Å². The van der Waals surface area contributed by atoms with E-state index in [-0.39, 0.29) is 24.7 Å². The summed E-state index contributed by atoms with van der Waals surface area (Å²) in [6.07, 6.45) is 4.16. The molecule has 1 aromatic heterocycles. The molecule has 1 aromatic carbocycles. The van der Waals surface area contributed by atoms with Crippen molar-refractivity contribution in [2.45, 2.75) is 11.4 Å². The van der Waals surface area contributed by atoms with Crippen molar-refractivity contribution in [3.8, 4) is 0 Å². The molecular weight excluding hydrogens is 334 g/mol. The Labute approximate surface area is 139 Å². The fourth-order valence-electron chi connectivity index (χ4n) is 1.78. The summed E-state index contributed by atoms with van der Waals surface area (Å²) in [4.78, 5) is 11.4. The molecule has 0 aliphatic carbocycles. The Kier molecular flexibility index (Phi) is 6.30. The number of benzene rings is 1. The molecule has 2 aromatic rings. The van der Waals surface area contributed by atoms with Crippen molar-refractivity contribution in [2.24, 2.45) is 0 Å². The van der Waals surface area contributed by atoms with Crippen LogP contribution in [0, 0.1) is 0 Å². The first-order valence-corrected chi connectivity index (χ1v) is 8.57. The molecule has 0 radical (unpaired) electrons. The molecule has 0 saturated carbocycles. The molecule has 0 atom stereocenters. The molecule has 24 heavy (non-hydrogen) atoms. The molecule has 2 N–H and O–H groups in total. The Morgan fingerprint density at radius 2 is 2.00 bits per heavy atom. The maximum Gasteiger partial charge on any atom is 0.330 e. The largest absolute Gasteiger partial charge is 0.468 e. The zero-order valence-electron chi connectivity index (χ0n) is 12.7. The van der Waals surface area contributed by atoms with Crippen LogP contribution in [0.1, 0.15) is 11.3 Å². The first-order valence-electron chi connectivity index (χ1n) is 7.09. The Morgan fingerprint density at radius 1 is 1.25 bits per heavy atom. The van der Waals surface area contributed by atoms with Crippen molar-refractivity contribution in [1.82, 2.24) is 4.72 Å². The highest BCUT2D eigenvalue weighted by atomic mass is 32.2. The van der Waals surface area contributed by atoms with Gasteiger partial charge in [-0.3, -0.25) is 0 Å². The quantitative estimate of drug-likeness (QED) is 0.549. The predicted molar refractivity (Wildman–Crippen MR) is 86.3 cm³/mol. The van der Waals surface area contributed by atoms with E-state index in [0.717, 1.165) is 0 Å². The zero-order valence-corrected chi connectivity index (χ0v) is 13.5.